The van der Waals surface area contributed by atoms with Crippen LogP contribution in [0.25, 0.3) is 0 Å². The number of ether oxygens (including phenoxy) is 2. The third-order valence-corrected chi connectivity index (χ3v) is 4.93. The maximum atomic E-state index is 5.58. The molecular weight excluding hydrogens is 306 g/mol. The Morgan fingerprint density at radius 2 is 2.08 bits per heavy atom. The summed E-state index contributed by atoms with van der Waals surface area (Å²) < 4.78 is 16.3. The second-order valence-corrected chi connectivity index (χ2v) is 6.56. The molecule has 1 aliphatic carbocycles. The molecule has 0 N–H and O–H groups in total. The van der Waals surface area contributed by atoms with Gasteiger partial charge in [-0.1, -0.05) is 11.2 Å². The van der Waals surface area contributed by atoms with Gasteiger partial charge in [0, 0.05) is 23.6 Å². The summed E-state index contributed by atoms with van der Waals surface area (Å²) in [5.41, 5.74) is 1.19. The van der Waals surface area contributed by atoms with Gasteiger partial charge < -0.3 is 14.0 Å². The molecule has 1 aliphatic heterocycles. The summed E-state index contributed by atoms with van der Waals surface area (Å²) >= 11 is 0. The van der Waals surface area contributed by atoms with Crippen molar-refractivity contribution in [2.24, 2.45) is 0 Å². The predicted octanol–water partition coefficient (Wildman–Crippen LogP) is 3.30. The minimum Gasteiger partial charge on any atom is -0.497 e. The topological polar surface area (TPSA) is 60.6 Å². The Kier molecular flexibility index (Phi) is 4.14. The quantitative estimate of drug-likeness (QED) is 0.810. The molecule has 0 spiro atoms. The van der Waals surface area contributed by atoms with Crippen molar-refractivity contribution in [2.45, 2.75) is 44.2 Å². The van der Waals surface area contributed by atoms with Crippen molar-refractivity contribution in [1.29, 1.82) is 0 Å². The van der Waals surface area contributed by atoms with E-state index in [0.29, 0.717) is 18.5 Å². The standard InChI is InChI=1S/C18H23N3O3/c1-22-13-7-8-14(16(10-13)23-2)15-4-3-9-21(15)11-17-19-18(20-24-17)12-5-6-12/h7-8,10,12,15H,3-6,9,11H2,1-2H3/t15-/m0/s1. The Morgan fingerprint density at radius 3 is 2.83 bits per heavy atom. The lowest BCUT2D eigenvalue weighted by molar-refractivity contribution is 0.209. The van der Waals surface area contributed by atoms with Gasteiger partial charge in [-0.25, -0.2) is 0 Å². The van der Waals surface area contributed by atoms with Crippen LogP contribution in [0.15, 0.2) is 22.7 Å². The molecule has 2 heterocycles. The Balaban J connectivity index is 1.53. The van der Waals surface area contributed by atoms with E-state index < -0.39 is 0 Å². The molecule has 1 aromatic carbocycles. The number of benzene rings is 1. The molecule has 1 saturated heterocycles. The summed E-state index contributed by atoms with van der Waals surface area (Å²) in [5.74, 6) is 3.80. The molecule has 1 atom stereocenters. The SMILES string of the molecule is COc1ccc([C@@H]2CCCN2Cc2nc(C3CC3)no2)c(OC)c1. The average molecular weight is 329 g/mol. The van der Waals surface area contributed by atoms with Crippen LogP contribution in [0.1, 0.15) is 54.9 Å². The summed E-state index contributed by atoms with van der Waals surface area (Å²) in [6.07, 6.45) is 4.64. The summed E-state index contributed by atoms with van der Waals surface area (Å²) in [6.45, 7) is 1.72. The lowest BCUT2D eigenvalue weighted by atomic mass is 10.0. The highest BCUT2D eigenvalue weighted by Crippen LogP contribution is 2.40. The molecule has 2 aromatic rings. The van der Waals surface area contributed by atoms with Gasteiger partial charge in [0.25, 0.3) is 0 Å². The van der Waals surface area contributed by atoms with Crippen molar-refractivity contribution in [3.05, 3.63) is 35.5 Å². The number of methoxy groups -OCH3 is 2. The number of likely N-dealkylation sites (tertiary alicyclic amines) is 1. The van der Waals surface area contributed by atoms with Crippen LogP contribution in [0.2, 0.25) is 0 Å². The third kappa shape index (κ3) is 2.98. The lowest BCUT2D eigenvalue weighted by Crippen LogP contribution is -2.23. The largest absolute Gasteiger partial charge is 0.497 e. The average Bonchev–Trinajstić information content (AvgIpc) is 3.19. The highest BCUT2D eigenvalue weighted by Gasteiger charge is 2.32. The molecule has 1 saturated carbocycles. The van der Waals surface area contributed by atoms with Gasteiger partial charge in [0.15, 0.2) is 5.82 Å². The number of hydrogen-bond donors (Lipinski definition) is 0. The van der Waals surface area contributed by atoms with Crippen molar-refractivity contribution in [2.75, 3.05) is 20.8 Å². The van der Waals surface area contributed by atoms with Gasteiger partial charge in [0.1, 0.15) is 11.5 Å². The van der Waals surface area contributed by atoms with Gasteiger partial charge >= 0.3 is 0 Å². The van der Waals surface area contributed by atoms with Crippen molar-refractivity contribution in [3.8, 4) is 11.5 Å². The second-order valence-electron chi connectivity index (χ2n) is 6.56. The van der Waals surface area contributed by atoms with Gasteiger partial charge in [0.05, 0.1) is 20.8 Å². The molecule has 0 bridgehead atoms. The smallest absolute Gasteiger partial charge is 0.240 e. The highest BCUT2D eigenvalue weighted by molar-refractivity contribution is 5.42. The van der Waals surface area contributed by atoms with E-state index in [4.69, 9.17) is 14.0 Å². The van der Waals surface area contributed by atoms with Gasteiger partial charge in [-0.2, -0.15) is 4.98 Å². The van der Waals surface area contributed by atoms with Crippen molar-refractivity contribution >= 4 is 0 Å². The zero-order valence-electron chi connectivity index (χ0n) is 14.2. The highest BCUT2D eigenvalue weighted by atomic mass is 16.5. The fraction of sp³-hybridized carbons (Fsp3) is 0.556. The maximum absolute atomic E-state index is 5.58. The van der Waals surface area contributed by atoms with Crippen LogP contribution in [-0.4, -0.2) is 35.8 Å². The first-order valence-electron chi connectivity index (χ1n) is 8.57. The van der Waals surface area contributed by atoms with Crippen LogP contribution < -0.4 is 9.47 Å². The molecule has 2 aliphatic rings. The first-order valence-corrected chi connectivity index (χ1v) is 8.57. The van der Waals surface area contributed by atoms with Gasteiger partial charge in [-0.3, -0.25) is 4.90 Å². The Bertz CT molecular complexity index is 711. The van der Waals surface area contributed by atoms with Crippen LogP contribution in [-0.2, 0) is 6.54 Å². The monoisotopic (exact) mass is 329 g/mol. The van der Waals surface area contributed by atoms with Crippen LogP contribution in [0, 0.1) is 0 Å². The second kappa shape index (κ2) is 6.43. The lowest BCUT2D eigenvalue weighted by Gasteiger charge is -2.25. The number of rotatable bonds is 6. The third-order valence-electron chi connectivity index (χ3n) is 4.93. The zero-order chi connectivity index (χ0) is 16.5. The summed E-state index contributed by atoms with van der Waals surface area (Å²) in [4.78, 5) is 6.96. The van der Waals surface area contributed by atoms with E-state index in [0.717, 1.165) is 42.6 Å². The van der Waals surface area contributed by atoms with Crippen LogP contribution in [0.4, 0.5) is 0 Å². The van der Waals surface area contributed by atoms with Crippen molar-refractivity contribution in [3.63, 3.8) is 0 Å². The van der Waals surface area contributed by atoms with E-state index in [-0.39, 0.29) is 0 Å². The molecular formula is C18H23N3O3. The molecule has 4 rings (SSSR count). The minimum atomic E-state index is 0.308. The van der Waals surface area contributed by atoms with E-state index in [2.05, 4.69) is 21.1 Å². The van der Waals surface area contributed by atoms with Crippen molar-refractivity contribution < 1.29 is 14.0 Å². The van der Waals surface area contributed by atoms with Gasteiger partial charge in [-0.15, -0.1) is 0 Å². The first kappa shape index (κ1) is 15.4. The van der Waals surface area contributed by atoms with E-state index in [1.165, 1.54) is 18.4 Å². The van der Waals surface area contributed by atoms with Crippen LogP contribution in [0.5, 0.6) is 11.5 Å². The minimum absolute atomic E-state index is 0.308. The molecule has 128 valence electrons. The molecule has 6 heteroatoms. The Morgan fingerprint density at radius 1 is 1.21 bits per heavy atom. The fourth-order valence-electron chi connectivity index (χ4n) is 3.47. The number of nitrogens with zero attached hydrogens (tertiary/aromatic N) is 3. The molecule has 1 aromatic heterocycles. The summed E-state index contributed by atoms with van der Waals surface area (Å²) in [7, 11) is 3.38. The zero-order valence-corrected chi connectivity index (χ0v) is 14.2. The Hall–Kier alpha value is -2.08. The van der Waals surface area contributed by atoms with Crippen LogP contribution >= 0.6 is 0 Å². The Labute approximate surface area is 141 Å². The molecule has 0 radical (unpaired) electrons. The van der Waals surface area contributed by atoms with Crippen LogP contribution in [0.3, 0.4) is 0 Å². The van der Waals surface area contributed by atoms with E-state index >= 15 is 0 Å². The molecule has 0 unspecified atom stereocenters. The summed E-state index contributed by atoms with van der Waals surface area (Å²) in [6, 6.07) is 6.35. The summed E-state index contributed by atoms with van der Waals surface area (Å²) in [5, 5.41) is 4.12. The first-order chi connectivity index (χ1) is 11.8. The maximum Gasteiger partial charge on any atom is 0.240 e. The van der Waals surface area contributed by atoms with E-state index in [9.17, 15) is 0 Å². The van der Waals surface area contributed by atoms with Gasteiger partial charge in [0.2, 0.25) is 5.89 Å². The van der Waals surface area contributed by atoms with E-state index in [1.807, 2.05) is 12.1 Å². The van der Waals surface area contributed by atoms with Crippen molar-refractivity contribution in [1.82, 2.24) is 15.0 Å². The normalized spacial score (nSPS) is 21.2. The molecule has 6 nitrogen and oxygen atoms in total. The van der Waals surface area contributed by atoms with E-state index in [1.54, 1.807) is 14.2 Å². The molecule has 2 fully saturated rings. The number of aromatic nitrogens is 2. The number of hydrogen-bond acceptors (Lipinski definition) is 6. The fourth-order valence-corrected chi connectivity index (χ4v) is 3.47. The molecule has 24 heavy (non-hydrogen) atoms. The predicted molar refractivity (Wildman–Crippen MR) is 88.2 cm³/mol. The molecule has 0 amide bonds. The van der Waals surface area contributed by atoms with Gasteiger partial charge in [-0.05, 0) is 38.3 Å².